The van der Waals surface area contributed by atoms with Crippen molar-refractivity contribution in [1.82, 2.24) is 19.5 Å². The van der Waals surface area contributed by atoms with Crippen molar-refractivity contribution in [3.63, 3.8) is 0 Å². The van der Waals surface area contributed by atoms with Crippen LogP contribution in [0.1, 0.15) is 24.7 Å². The zero-order valence-corrected chi connectivity index (χ0v) is 12.9. The third kappa shape index (κ3) is 2.51. The Labute approximate surface area is 130 Å². The molecule has 0 unspecified atom stereocenters. The van der Waals surface area contributed by atoms with Crippen molar-refractivity contribution in [2.75, 3.05) is 5.32 Å². The predicted molar refractivity (Wildman–Crippen MR) is 85.1 cm³/mol. The first-order valence-electron chi connectivity index (χ1n) is 6.98. The van der Waals surface area contributed by atoms with Gasteiger partial charge in [-0.1, -0.05) is 12.1 Å². The molecule has 3 aromatic rings. The first-order chi connectivity index (χ1) is 10.3. The van der Waals surface area contributed by atoms with E-state index in [0.29, 0.717) is 18.5 Å². The highest BCUT2D eigenvalue weighted by atomic mass is 79.9. The lowest BCUT2D eigenvalue weighted by atomic mass is 10.3. The van der Waals surface area contributed by atoms with Crippen molar-refractivity contribution in [1.29, 1.82) is 0 Å². The minimum atomic E-state index is 0.597. The molecular weight excluding hydrogens is 330 g/mol. The van der Waals surface area contributed by atoms with Gasteiger partial charge in [0.1, 0.15) is 5.82 Å². The monoisotopic (exact) mass is 343 g/mol. The molecule has 5 nitrogen and oxygen atoms in total. The molecule has 0 amide bonds. The van der Waals surface area contributed by atoms with E-state index in [9.17, 15) is 0 Å². The van der Waals surface area contributed by atoms with E-state index in [0.717, 1.165) is 15.8 Å². The van der Waals surface area contributed by atoms with Crippen LogP contribution >= 0.6 is 15.9 Å². The first kappa shape index (κ1) is 12.8. The molecular formula is C15H14BrN5. The molecule has 0 saturated heterocycles. The lowest BCUT2D eigenvalue weighted by Crippen LogP contribution is -2.09. The average molecular weight is 344 g/mol. The van der Waals surface area contributed by atoms with Crippen LogP contribution in [0, 0.1) is 0 Å². The van der Waals surface area contributed by atoms with Crippen LogP contribution in [-0.2, 0) is 6.54 Å². The van der Waals surface area contributed by atoms with Gasteiger partial charge in [0.25, 0.3) is 0 Å². The molecule has 0 atom stereocenters. The molecule has 1 aromatic carbocycles. The van der Waals surface area contributed by atoms with Gasteiger partial charge < -0.3 is 9.88 Å². The smallest absolute Gasteiger partial charge is 0.223 e. The van der Waals surface area contributed by atoms with Crippen LogP contribution in [0.5, 0.6) is 0 Å². The molecule has 1 saturated carbocycles. The van der Waals surface area contributed by atoms with Crippen LogP contribution < -0.4 is 5.32 Å². The highest BCUT2D eigenvalue weighted by Crippen LogP contribution is 2.38. The van der Waals surface area contributed by atoms with Gasteiger partial charge in [0.05, 0.1) is 22.1 Å². The Morgan fingerprint density at radius 2 is 1.95 bits per heavy atom. The van der Waals surface area contributed by atoms with Gasteiger partial charge in [0.15, 0.2) is 0 Å². The number of imidazole rings is 1. The Balaban J connectivity index is 1.63. The summed E-state index contributed by atoms with van der Waals surface area (Å²) in [7, 11) is 0. The molecule has 0 aliphatic heterocycles. The molecule has 6 heteroatoms. The minimum Gasteiger partial charge on any atom is -0.347 e. The molecule has 1 fully saturated rings. The van der Waals surface area contributed by atoms with Crippen molar-refractivity contribution >= 4 is 32.9 Å². The fourth-order valence-electron chi connectivity index (χ4n) is 2.52. The zero-order valence-electron chi connectivity index (χ0n) is 11.3. The van der Waals surface area contributed by atoms with Gasteiger partial charge in [0, 0.05) is 18.4 Å². The number of hydrogen-bond donors (Lipinski definition) is 1. The van der Waals surface area contributed by atoms with Gasteiger partial charge in [-0.2, -0.15) is 0 Å². The number of para-hydroxylation sites is 2. The summed E-state index contributed by atoms with van der Waals surface area (Å²) in [6.45, 7) is 0.632. The number of nitrogens with one attached hydrogen (secondary N) is 1. The van der Waals surface area contributed by atoms with E-state index in [1.54, 1.807) is 12.4 Å². The SMILES string of the molecule is Brc1cnc(NCc2nc3ccccc3n2C2CC2)nc1. The molecule has 1 aliphatic rings. The minimum absolute atomic E-state index is 0.597. The fraction of sp³-hybridized carbons (Fsp3) is 0.267. The number of halogens is 1. The lowest BCUT2D eigenvalue weighted by molar-refractivity contribution is 0.709. The van der Waals surface area contributed by atoms with Gasteiger partial charge in [-0.15, -0.1) is 0 Å². The average Bonchev–Trinajstić information content (AvgIpc) is 3.27. The maximum Gasteiger partial charge on any atom is 0.223 e. The Hall–Kier alpha value is -1.95. The normalized spacial score (nSPS) is 14.5. The summed E-state index contributed by atoms with van der Waals surface area (Å²) in [6.07, 6.45) is 5.95. The molecule has 4 rings (SSSR count). The lowest BCUT2D eigenvalue weighted by Gasteiger charge is -2.08. The molecule has 0 spiro atoms. The number of aromatic nitrogens is 4. The van der Waals surface area contributed by atoms with Crippen LogP contribution in [0.2, 0.25) is 0 Å². The molecule has 2 aromatic heterocycles. The van der Waals surface area contributed by atoms with Crippen LogP contribution in [-0.4, -0.2) is 19.5 Å². The molecule has 106 valence electrons. The largest absolute Gasteiger partial charge is 0.347 e. The molecule has 1 N–H and O–H groups in total. The van der Waals surface area contributed by atoms with Crippen molar-refractivity contribution in [2.45, 2.75) is 25.4 Å². The summed E-state index contributed by atoms with van der Waals surface area (Å²) in [5.74, 6) is 1.66. The third-order valence-electron chi connectivity index (χ3n) is 3.61. The van der Waals surface area contributed by atoms with Crippen LogP contribution in [0.15, 0.2) is 41.1 Å². The maximum atomic E-state index is 4.74. The summed E-state index contributed by atoms with van der Waals surface area (Å²) in [4.78, 5) is 13.2. The highest BCUT2D eigenvalue weighted by Gasteiger charge is 2.27. The van der Waals surface area contributed by atoms with Crippen molar-refractivity contribution in [3.8, 4) is 0 Å². The highest BCUT2D eigenvalue weighted by molar-refractivity contribution is 9.10. The number of anilines is 1. The Kier molecular flexibility index (Phi) is 3.11. The number of fused-ring (bicyclic) bond motifs is 1. The molecule has 2 heterocycles. The zero-order chi connectivity index (χ0) is 14.2. The number of nitrogens with zero attached hydrogens (tertiary/aromatic N) is 4. The summed E-state index contributed by atoms with van der Waals surface area (Å²) in [6, 6.07) is 8.90. The van der Waals surface area contributed by atoms with E-state index in [2.05, 4.69) is 54.0 Å². The summed E-state index contributed by atoms with van der Waals surface area (Å²) < 4.78 is 3.22. The van der Waals surface area contributed by atoms with E-state index in [-0.39, 0.29) is 0 Å². The van der Waals surface area contributed by atoms with Crippen LogP contribution in [0.4, 0.5) is 5.95 Å². The number of hydrogen-bond acceptors (Lipinski definition) is 4. The van der Waals surface area contributed by atoms with E-state index in [4.69, 9.17) is 4.98 Å². The quantitative estimate of drug-likeness (QED) is 0.787. The molecule has 0 bridgehead atoms. The first-order valence-corrected chi connectivity index (χ1v) is 7.78. The second-order valence-electron chi connectivity index (χ2n) is 5.20. The second kappa shape index (κ2) is 5.11. The number of rotatable bonds is 4. The molecule has 21 heavy (non-hydrogen) atoms. The van der Waals surface area contributed by atoms with Crippen LogP contribution in [0.3, 0.4) is 0 Å². The fourth-order valence-corrected chi connectivity index (χ4v) is 2.73. The van der Waals surface area contributed by atoms with Gasteiger partial charge >= 0.3 is 0 Å². The van der Waals surface area contributed by atoms with E-state index in [1.807, 2.05) is 6.07 Å². The predicted octanol–water partition coefficient (Wildman–Crippen LogP) is 3.54. The van der Waals surface area contributed by atoms with Gasteiger partial charge in [0.2, 0.25) is 5.95 Å². The van der Waals surface area contributed by atoms with Crippen molar-refractivity contribution < 1.29 is 0 Å². The van der Waals surface area contributed by atoms with Crippen molar-refractivity contribution in [3.05, 3.63) is 47.0 Å². The Morgan fingerprint density at radius 1 is 1.19 bits per heavy atom. The summed E-state index contributed by atoms with van der Waals surface area (Å²) >= 11 is 3.33. The Morgan fingerprint density at radius 3 is 2.71 bits per heavy atom. The van der Waals surface area contributed by atoms with E-state index >= 15 is 0 Å². The van der Waals surface area contributed by atoms with E-state index in [1.165, 1.54) is 18.4 Å². The topological polar surface area (TPSA) is 55.6 Å². The Bertz CT molecular complexity index is 776. The second-order valence-corrected chi connectivity index (χ2v) is 6.11. The number of benzene rings is 1. The van der Waals surface area contributed by atoms with Gasteiger partial charge in [-0.3, -0.25) is 0 Å². The van der Waals surface area contributed by atoms with Gasteiger partial charge in [-0.25, -0.2) is 15.0 Å². The summed E-state index contributed by atoms with van der Waals surface area (Å²) in [5, 5.41) is 3.25. The van der Waals surface area contributed by atoms with Crippen molar-refractivity contribution in [2.24, 2.45) is 0 Å². The van der Waals surface area contributed by atoms with Crippen LogP contribution in [0.25, 0.3) is 11.0 Å². The van der Waals surface area contributed by atoms with Gasteiger partial charge in [-0.05, 0) is 40.9 Å². The molecule has 1 aliphatic carbocycles. The standard InChI is InChI=1S/C15H14BrN5/c16-10-7-17-15(18-8-10)19-9-14-20-12-3-1-2-4-13(12)21(14)11-5-6-11/h1-4,7-8,11H,5-6,9H2,(H,17,18,19). The molecule has 0 radical (unpaired) electrons. The van der Waals surface area contributed by atoms with E-state index < -0.39 is 0 Å². The maximum absolute atomic E-state index is 4.74. The summed E-state index contributed by atoms with van der Waals surface area (Å²) in [5.41, 5.74) is 2.27. The third-order valence-corrected chi connectivity index (χ3v) is 4.02.